The van der Waals surface area contributed by atoms with Crippen molar-refractivity contribution in [1.82, 2.24) is 4.98 Å². The highest BCUT2D eigenvalue weighted by atomic mass is 32.1. The smallest absolute Gasteiger partial charge is 0.311 e. The van der Waals surface area contributed by atoms with E-state index in [9.17, 15) is 4.79 Å². The van der Waals surface area contributed by atoms with Crippen molar-refractivity contribution in [3.05, 3.63) is 34.8 Å². The third-order valence-electron chi connectivity index (χ3n) is 3.43. The molecule has 5 heteroatoms. The van der Waals surface area contributed by atoms with Crippen LogP contribution in [0.25, 0.3) is 10.6 Å². The molecule has 0 N–H and O–H groups in total. The van der Waals surface area contributed by atoms with Gasteiger partial charge in [-0.15, -0.1) is 11.3 Å². The molecule has 0 spiro atoms. The number of ether oxygens (including phenoxy) is 2. The molecule has 0 fully saturated rings. The number of rotatable bonds is 3. The van der Waals surface area contributed by atoms with Gasteiger partial charge >= 0.3 is 5.97 Å². The summed E-state index contributed by atoms with van der Waals surface area (Å²) in [6, 6.07) is 6.14. The topological polar surface area (TPSA) is 48.4 Å². The minimum absolute atomic E-state index is 0.176. The van der Waals surface area contributed by atoms with Crippen LogP contribution >= 0.6 is 11.3 Å². The molecule has 0 amide bonds. The van der Waals surface area contributed by atoms with Crippen molar-refractivity contribution in [2.45, 2.75) is 32.3 Å². The van der Waals surface area contributed by atoms with Gasteiger partial charge in [0.1, 0.15) is 16.4 Å². The summed E-state index contributed by atoms with van der Waals surface area (Å²) >= 11 is 1.52. The molecule has 2 aromatic rings. The largest absolute Gasteiger partial charge is 0.486 e. The average Bonchev–Trinajstić information content (AvgIpc) is 3.00. The second-order valence-corrected chi connectivity index (χ2v) is 6.59. The molecule has 0 aliphatic carbocycles. The quantitative estimate of drug-likeness (QED) is 0.817. The molecule has 110 valence electrons. The number of hydrogen-bond donors (Lipinski definition) is 0. The summed E-state index contributed by atoms with van der Waals surface area (Å²) in [5.74, 6) is 0.643. The molecule has 0 saturated heterocycles. The van der Waals surface area contributed by atoms with Gasteiger partial charge in [-0.2, -0.15) is 0 Å². The lowest BCUT2D eigenvalue weighted by atomic mass is 10.0. The molecule has 1 aliphatic heterocycles. The van der Waals surface area contributed by atoms with Crippen LogP contribution in [0.3, 0.4) is 0 Å². The molecule has 21 heavy (non-hydrogen) atoms. The molecule has 1 aromatic heterocycles. The Morgan fingerprint density at radius 3 is 3.05 bits per heavy atom. The Bertz CT molecular complexity index is 691. The second kappa shape index (κ2) is 5.15. The summed E-state index contributed by atoms with van der Waals surface area (Å²) in [5.41, 5.74) is 2.77. The van der Waals surface area contributed by atoms with Crippen LogP contribution in [-0.2, 0) is 22.4 Å². The van der Waals surface area contributed by atoms with Crippen molar-refractivity contribution in [2.24, 2.45) is 0 Å². The molecule has 2 heterocycles. The van der Waals surface area contributed by atoms with Crippen molar-refractivity contribution in [2.75, 3.05) is 7.11 Å². The fourth-order valence-corrected chi connectivity index (χ4v) is 3.36. The van der Waals surface area contributed by atoms with E-state index in [1.54, 1.807) is 0 Å². The number of methoxy groups -OCH3 is 1. The van der Waals surface area contributed by atoms with E-state index >= 15 is 0 Å². The van der Waals surface area contributed by atoms with Gasteiger partial charge in [-0.05, 0) is 25.5 Å². The zero-order valence-electron chi connectivity index (χ0n) is 12.3. The van der Waals surface area contributed by atoms with Crippen LogP contribution in [0.4, 0.5) is 0 Å². The van der Waals surface area contributed by atoms with Gasteiger partial charge in [0.15, 0.2) is 0 Å². The Kier molecular flexibility index (Phi) is 3.45. The molecular weight excluding hydrogens is 286 g/mol. The number of para-hydroxylation sites is 1. The normalized spacial score (nSPS) is 15.4. The Morgan fingerprint density at radius 2 is 2.29 bits per heavy atom. The van der Waals surface area contributed by atoms with Gasteiger partial charge in [-0.1, -0.05) is 12.1 Å². The zero-order chi connectivity index (χ0) is 15.0. The summed E-state index contributed by atoms with van der Waals surface area (Å²) < 4.78 is 10.7. The SMILES string of the molecule is COC(=O)Cc1csc(-c2cccc3c2OC(C)(C)C3)n1. The number of benzene rings is 1. The van der Waals surface area contributed by atoms with E-state index in [2.05, 4.69) is 29.6 Å². The average molecular weight is 303 g/mol. The Hall–Kier alpha value is -1.88. The van der Waals surface area contributed by atoms with Crippen LogP contribution in [0, 0.1) is 0 Å². The fourth-order valence-electron chi connectivity index (χ4n) is 2.52. The third kappa shape index (κ3) is 2.78. The molecule has 0 bridgehead atoms. The van der Waals surface area contributed by atoms with Crippen LogP contribution in [0.2, 0.25) is 0 Å². The van der Waals surface area contributed by atoms with Crippen LogP contribution in [0.5, 0.6) is 5.75 Å². The molecule has 0 saturated carbocycles. The summed E-state index contributed by atoms with van der Waals surface area (Å²) in [7, 11) is 1.38. The monoisotopic (exact) mass is 303 g/mol. The van der Waals surface area contributed by atoms with Crippen LogP contribution in [0.1, 0.15) is 25.1 Å². The fraction of sp³-hybridized carbons (Fsp3) is 0.375. The summed E-state index contributed by atoms with van der Waals surface area (Å²) in [5, 5.41) is 2.77. The number of fused-ring (bicyclic) bond motifs is 1. The number of nitrogens with zero attached hydrogens (tertiary/aromatic N) is 1. The van der Waals surface area contributed by atoms with E-state index in [-0.39, 0.29) is 18.0 Å². The number of aromatic nitrogens is 1. The maximum Gasteiger partial charge on any atom is 0.311 e. The minimum atomic E-state index is -0.275. The molecule has 1 aromatic carbocycles. The van der Waals surface area contributed by atoms with Gasteiger partial charge < -0.3 is 9.47 Å². The van der Waals surface area contributed by atoms with Crippen molar-refractivity contribution in [3.8, 4) is 16.3 Å². The van der Waals surface area contributed by atoms with Crippen molar-refractivity contribution in [1.29, 1.82) is 0 Å². The zero-order valence-corrected chi connectivity index (χ0v) is 13.1. The molecule has 0 radical (unpaired) electrons. The number of esters is 1. The number of thiazole rings is 1. The van der Waals surface area contributed by atoms with Crippen LogP contribution < -0.4 is 4.74 Å². The van der Waals surface area contributed by atoms with E-state index < -0.39 is 0 Å². The van der Waals surface area contributed by atoms with Crippen molar-refractivity contribution in [3.63, 3.8) is 0 Å². The molecule has 0 atom stereocenters. The van der Waals surface area contributed by atoms with E-state index in [0.29, 0.717) is 0 Å². The summed E-state index contributed by atoms with van der Waals surface area (Å²) in [6.45, 7) is 4.17. The maximum absolute atomic E-state index is 11.3. The lowest BCUT2D eigenvalue weighted by molar-refractivity contribution is -0.139. The first-order valence-electron chi connectivity index (χ1n) is 6.81. The Morgan fingerprint density at radius 1 is 1.48 bits per heavy atom. The first kappa shape index (κ1) is 14.1. The van der Waals surface area contributed by atoms with Gasteiger partial charge in [0.25, 0.3) is 0 Å². The van der Waals surface area contributed by atoms with Gasteiger partial charge in [-0.25, -0.2) is 4.98 Å². The lowest BCUT2D eigenvalue weighted by Crippen LogP contribution is -2.24. The van der Waals surface area contributed by atoms with Crippen molar-refractivity contribution >= 4 is 17.3 Å². The Balaban J connectivity index is 1.93. The minimum Gasteiger partial charge on any atom is -0.486 e. The van der Waals surface area contributed by atoms with Crippen molar-refractivity contribution < 1.29 is 14.3 Å². The summed E-state index contributed by atoms with van der Waals surface area (Å²) in [4.78, 5) is 15.8. The molecule has 4 nitrogen and oxygen atoms in total. The highest BCUT2D eigenvalue weighted by molar-refractivity contribution is 7.13. The molecule has 1 aliphatic rings. The lowest BCUT2D eigenvalue weighted by Gasteiger charge is -2.17. The van der Waals surface area contributed by atoms with E-state index in [0.717, 1.165) is 28.4 Å². The van der Waals surface area contributed by atoms with E-state index in [1.807, 2.05) is 17.5 Å². The second-order valence-electron chi connectivity index (χ2n) is 5.73. The number of carbonyl (C=O) groups excluding carboxylic acids is 1. The number of hydrogen-bond acceptors (Lipinski definition) is 5. The van der Waals surface area contributed by atoms with Crippen LogP contribution in [0.15, 0.2) is 23.6 Å². The first-order chi connectivity index (χ1) is 9.98. The summed E-state index contributed by atoms with van der Waals surface area (Å²) in [6.07, 6.45) is 1.10. The predicted octanol–water partition coefficient (Wildman–Crippen LogP) is 3.24. The van der Waals surface area contributed by atoms with Gasteiger partial charge in [0.2, 0.25) is 0 Å². The molecular formula is C16H17NO3S. The van der Waals surface area contributed by atoms with E-state index in [1.165, 1.54) is 24.0 Å². The Labute approximate surface area is 127 Å². The number of carbonyl (C=O) groups is 1. The maximum atomic E-state index is 11.3. The molecule has 3 rings (SSSR count). The van der Waals surface area contributed by atoms with Crippen LogP contribution in [-0.4, -0.2) is 23.7 Å². The van der Waals surface area contributed by atoms with Gasteiger partial charge in [0.05, 0.1) is 24.8 Å². The predicted molar refractivity (Wildman–Crippen MR) is 81.7 cm³/mol. The standard InChI is InChI=1S/C16H17NO3S/c1-16(2)8-10-5-4-6-12(14(10)20-16)15-17-11(9-21-15)7-13(18)19-3/h4-6,9H,7-8H2,1-3H3. The highest BCUT2D eigenvalue weighted by Gasteiger charge is 2.32. The first-order valence-corrected chi connectivity index (χ1v) is 7.69. The van der Waals surface area contributed by atoms with Gasteiger partial charge in [0, 0.05) is 11.8 Å². The third-order valence-corrected chi connectivity index (χ3v) is 4.35. The van der Waals surface area contributed by atoms with E-state index in [4.69, 9.17) is 4.74 Å². The van der Waals surface area contributed by atoms with Gasteiger partial charge in [-0.3, -0.25) is 4.79 Å². The molecule has 0 unspecified atom stereocenters. The highest BCUT2D eigenvalue weighted by Crippen LogP contribution is 2.42.